The number of carboxylic acid groups (broad SMARTS) is 1. The van der Waals surface area contributed by atoms with Gasteiger partial charge in [-0.25, -0.2) is 0 Å². The van der Waals surface area contributed by atoms with E-state index < -0.39 is 5.97 Å². The number of aliphatic carboxylic acids is 1. The number of carbonyl (C=O) groups is 1. The SMILES string of the molecule is CC(CCCOc1cccc2c1CCCC2)C(=O)O. The van der Waals surface area contributed by atoms with Crippen LogP contribution >= 0.6 is 0 Å². The van der Waals surface area contributed by atoms with Crippen molar-refractivity contribution in [1.29, 1.82) is 0 Å². The highest BCUT2D eigenvalue weighted by Gasteiger charge is 2.14. The quantitative estimate of drug-likeness (QED) is 0.799. The largest absolute Gasteiger partial charge is 0.493 e. The zero-order valence-corrected chi connectivity index (χ0v) is 11.5. The van der Waals surface area contributed by atoms with E-state index in [-0.39, 0.29) is 5.92 Å². The molecule has 0 aromatic heterocycles. The maximum atomic E-state index is 10.7. The van der Waals surface area contributed by atoms with Gasteiger partial charge < -0.3 is 9.84 Å². The van der Waals surface area contributed by atoms with E-state index in [1.54, 1.807) is 6.92 Å². The Morgan fingerprint density at radius 3 is 2.95 bits per heavy atom. The number of hydrogen-bond donors (Lipinski definition) is 1. The van der Waals surface area contributed by atoms with E-state index in [1.165, 1.54) is 24.0 Å². The topological polar surface area (TPSA) is 46.5 Å². The van der Waals surface area contributed by atoms with E-state index in [4.69, 9.17) is 9.84 Å². The van der Waals surface area contributed by atoms with Gasteiger partial charge in [0.25, 0.3) is 0 Å². The minimum absolute atomic E-state index is 0.284. The lowest BCUT2D eigenvalue weighted by Crippen LogP contribution is -2.11. The lowest BCUT2D eigenvalue weighted by atomic mass is 9.91. The van der Waals surface area contributed by atoms with Crippen molar-refractivity contribution in [2.45, 2.75) is 45.4 Å². The van der Waals surface area contributed by atoms with Crippen LogP contribution in [0, 0.1) is 5.92 Å². The molecule has 19 heavy (non-hydrogen) atoms. The number of benzene rings is 1. The first-order chi connectivity index (χ1) is 9.18. The van der Waals surface area contributed by atoms with Gasteiger partial charge in [-0.1, -0.05) is 19.1 Å². The summed E-state index contributed by atoms with van der Waals surface area (Å²) < 4.78 is 5.84. The van der Waals surface area contributed by atoms with Crippen molar-refractivity contribution < 1.29 is 14.6 Å². The van der Waals surface area contributed by atoms with Crippen LogP contribution in [0.5, 0.6) is 5.75 Å². The van der Waals surface area contributed by atoms with Crippen LogP contribution in [0.4, 0.5) is 0 Å². The van der Waals surface area contributed by atoms with Gasteiger partial charge in [-0.3, -0.25) is 4.79 Å². The summed E-state index contributed by atoms with van der Waals surface area (Å²) in [6, 6.07) is 6.28. The third kappa shape index (κ3) is 3.72. The number of fused-ring (bicyclic) bond motifs is 1. The standard InChI is InChI=1S/C16H22O3/c1-12(16(17)18)6-5-11-19-15-10-4-8-13-7-2-3-9-14(13)15/h4,8,10,12H,2-3,5-7,9,11H2,1H3,(H,17,18). The molecule has 2 rings (SSSR count). The highest BCUT2D eigenvalue weighted by molar-refractivity contribution is 5.69. The van der Waals surface area contributed by atoms with E-state index in [1.807, 2.05) is 6.07 Å². The third-order valence-corrected chi connectivity index (χ3v) is 3.81. The molecule has 0 saturated carbocycles. The summed E-state index contributed by atoms with van der Waals surface area (Å²) in [5.74, 6) is -0.00874. The van der Waals surface area contributed by atoms with Gasteiger partial charge in [0.15, 0.2) is 0 Å². The van der Waals surface area contributed by atoms with Crippen molar-refractivity contribution in [3.8, 4) is 5.75 Å². The Kier molecular flexibility index (Phi) is 4.83. The average molecular weight is 262 g/mol. The highest BCUT2D eigenvalue weighted by Crippen LogP contribution is 2.29. The zero-order chi connectivity index (χ0) is 13.7. The van der Waals surface area contributed by atoms with E-state index in [0.717, 1.165) is 25.0 Å². The van der Waals surface area contributed by atoms with Gasteiger partial charge in [0.2, 0.25) is 0 Å². The van der Waals surface area contributed by atoms with Gasteiger partial charge in [-0.05, 0) is 55.7 Å². The van der Waals surface area contributed by atoms with Gasteiger partial charge in [-0.15, -0.1) is 0 Å². The molecular formula is C16H22O3. The summed E-state index contributed by atoms with van der Waals surface area (Å²) in [6.45, 7) is 2.35. The maximum absolute atomic E-state index is 10.7. The van der Waals surface area contributed by atoms with Crippen LogP contribution in [0.25, 0.3) is 0 Å². The molecule has 3 nitrogen and oxygen atoms in total. The van der Waals surface area contributed by atoms with Crippen molar-refractivity contribution in [3.63, 3.8) is 0 Å². The van der Waals surface area contributed by atoms with Gasteiger partial charge in [0, 0.05) is 0 Å². The Morgan fingerprint density at radius 1 is 1.37 bits per heavy atom. The molecule has 1 atom stereocenters. The number of ether oxygens (including phenoxy) is 1. The molecule has 104 valence electrons. The second-order valence-corrected chi connectivity index (χ2v) is 5.33. The molecule has 0 heterocycles. The van der Waals surface area contributed by atoms with E-state index in [9.17, 15) is 4.79 Å². The smallest absolute Gasteiger partial charge is 0.306 e. The van der Waals surface area contributed by atoms with Crippen LogP contribution in [0.15, 0.2) is 18.2 Å². The molecule has 0 radical (unpaired) electrons. The minimum Gasteiger partial charge on any atom is -0.493 e. The Hall–Kier alpha value is -1.51. The van der Waals surface area contributed by atoms with Crippen molar-refractivity contribution in [1.82, 2.24) is 0 Å². The van der Waals surface area contributed by atoms with E-state index in [2.05, 4.69) is 12.1 Å². The second-order valence-electron chi connectivity index (χ2n) is 5.33. The van der Waals surface area contributed by atoms with Gasteiger partial charge >= 0.3 is 5.97 Å². The lowest BCUT2D eigenvalue weighted by Gasteiger charge is -2.19. The van der Waals surface area contributed by atoms with Gasteiger partial charge in [-0.2, -0.15) is 0 Å². The van der Waals surface area contributed by atoms with Crippen molar-refractivity contribution in [2.24, 2.45) is 5.92 Å². The zero-order valence-electron chi connectivity index (χ0n) is 11.5. The molecule has 3 heteroatoms. The summed E-state index contributed by atoms with van der Waals surface area (Å²) >= 11 is 0. The molecule has 1 unspecified atom stereocenters. The third-order valence-electron chi connectivity index (χ3n) is 3.81. The summed E-state index contributed by atoms with van der Waals surface area (Å²) in [6.07, 6.45) is 6.23. The van der Waals surface area contributed by atoms with Gasteiger partial charge in [0.05, 0.1) is 12.5 Å². The Balaban J connectivity index is 1.85. The molecule has 1 aliphatic carbocycles. The predicted octanol–water partition coefficient (Wildman–Crippen LogP) is 3.45. The van der Waals surface area contributed by atoms with Gasteiger partial charge in [0.1, 0.15) is 5.75 Å². The van der Waals surface area contributed by atoms with Crippen molar-refractivity contribution >= 4 is 5.97 Å². The average Bonchev–Trinajstić information content (AvgIpc) is 2.43. The number of aryl methyl sites for hydroxylation is 1. The molecule has 0 spiro atoms. The van der Waals surface area contributed by atoms with Crippen molar-refractivity contribution in [3.05, 3.63) is 29.3 Å². The monoisotopic (exact) mass is 262 g/mol. The first-order valence-corrected chi connectivity index (χ1v) is 7.15. The molecule has 1 aromatic carbocycles. The van der Waals surface area contributed by atoms with Crippen LogP contribution in [0.2, 0.25) is 0 Å². The fourth-order valence-corrected chi connectivity index (χ4v) is 2.58. The van der Waals surface area contributed by atoms with Crippen LogP contribution < -0.4 is 4.74 Å². The fourth-order valence-electron chi connectivity index (χ4n) is 2.58. The summed E-state index contributed by atoms with van der Waals surface area (Å²) in [5, 5.41) is 8.82. The molecule has 0 bridgehead atoms. The van der Waals surface area contributed by atoms with E-state index in [0.29, 0.717) is 13.0 Å². The first kappa shape index (κ1) is 13.9. The normalized spacial score (nSPS) is 15.6. The van der Waals surface area contributed by atoms with Crippen LogP contribution in [0.1, 0.15) is 43.7 Å². The first-order valence-electron chi connectivity index (χ1n) is 7.15. The molecule has 1 aliphatic rings. The molecule has 0 fully saturated rings. The Labute approximate surface area is 114 Å². The molecule has 0 aliphatic heterocycles. The molecule has 0 saturated heterocycles. The number of carboxylic acids is 1. The second kappa shape index (κ2) is 6.60. The molecular weight excluding hydrogens is 240 g/mol. The van der Waals surface area contributed by atoms with E-state index >= 15 is 0 Å². The maximum Gasteiger partial charge on any atom is 0.306 e. The Bertz CT molecular complexity index is 440. The van der Waals surface area contributed by atoms with Crippen molar-refractivity contribution in [2.75, 3.05) is 6.61 Å². The summed E-state index contributed by atoms with van der Waals surface area (Å²) in [7, 11) is 0. The molecule has 1 aromatic rings. The Morgan fingerprint density at radius 2 is 2.16 bits per heavy atom. The lowest BCUT2D eigenvalue weighted by molar-refractivity contribution is -0.141. The minimum atomic E-state index is -0.725. The van der Waals surface area contributed by atoms with Crippen LogP contribution in [-0.4, -0.2) is 17.7 Å². The van der Waals surface area contributed by atoms with Crippen LogP contribution in [-0.2, 0) is 17.6 Å². The summed E-state index contributed by atoms with van der Waals surface area (Å²) in [4.78, 5) is 10.7. The van der Waals surface area contributed by atoms with Crippen LogP contribution in [0.3, 0.4) is 0 Å². The highest BCUT2D eigenvalue weighted by atomic mass is 16.5. The fraction of sp³-hybridized carbons (Fsp3) is 0.562. The number of hydrogen-bond acceptors (Lipinski definition) is 2. The predicted molar refractivity (Wildman–Crippen MR) is 74.6 cm³/mol. The number of rotatable bonds is 6. The molecule has 1 N–H and O–H groups in total. The molecule has 0 amide bonds. The summed E-state index contributed by atoms with van der Waals surface area (Å²) in [5.41, 5.74) is 2.78.